The summed E-state index contributed by atoms with van der Waals surface area (Å²) in [7, 11) is 2.07. The maximum atomic E-state index is 9.61. The van der Waals surface area contributed by atoms with E-state index in [9.17, 15) is 5.26 Å². The second kappa shape index (κ2) is 6.89. The van der Waals surface area contributed by atoms with Crippen LogP contribution in [-0.4, -0.2) is 23.3 Å². The van der Waals surface area contributed by atoms with Gasteiger partial charge in [-0.1, -0.05) is 33.6 Å². The molecular formula is C17H26N4. The van der Waals surface area contributed by atoms with E-state index in [1.807, 2.05) is 0 Å². The predicted octanol–water partition coefficient (Wildman–Crippen LogP) is 3.49. The zero-order chi connectivity index (χ0) is 15.4. The number of aromatic nitrogens is 2. The van der Waals surface area contributed by atoms with Crippen molar-refractivity contribution in [2.45, 2.75) is 65.3 Å². The highest BCUT2D eigenvalue weighted by atomic mass is 15.3. The van der Waals surface area contributed by atoms with Gasteiger partial charge in [0, 0.05) is 13.1 Å². The molecule has 1 heterocycles. The lowest BCUT2D eigenvalue weighted by atomic mass is 9.86. The molecule has 0 radical (unpaired) electrons. The fraction of sp³-hybridized carbons (Fsp3) is 0.706. The fourth-order valence-electron chi connectivity index (χ4n) is 3.45. The number of hydrogen-bond acceptors (Lipinski definition) is 4. The minimum atomic E-state index is 0.479. The highest BCUT2D eigenvalue weighted by Gasteiger charge is 2.26. The quantitative estimate of drug-likeness (QED) is 0.850. The van der Waals surface area contributed by atoms with E-state index in [1.165, 1.54) is 25.7 Å². The van der Waals surface area contributed by atoms with Crippen molar-refractivity contribution >= 4 is 5.82 Å². The van der Waals surface area contributed by atoms with Crippen LogP contribution in [0.3, 0.4) is 0 Å². The third-order valence-corrected chi connectivity index (χ3v) is 4.73. The molecule has 1 fully saturated rings. The van der Waals surface area contributed by atoms with Gasteiger partial charge in [0.25, 0.3) is 0 Å². The van der Waals surface area contributed by atoms with Crippen molar-refractivity contribution in [1.82, 2.24) is 10.2 Å². The zero-order valence-corrected chi connectivity index (χ0v) is 13.7. The average molecular weight is 286 g/mol. The molecule has 0 N–H and O–H groups in total. The molecule has 1 aromatic heterocycles. The molecule has 0 spiro atoms. The van der Waals surface area contributed by atoms with E-state index in [2.05, 4.69) is 49.0 Å². The second-order valence-corrected chi connectivity index (χ2v) is 6.18. The number of nitrogens with zero attached hydrogens (tertiary/aromatic N) is 4. The van der Waals surface area contributed by atoms with E-state index in [-0.39, 0.29) is 0 Å². The largest absolute Gasteiger partial charge is 0.354 e. The highest BCUT2D eigenvalue weighted by Crippen LogP contribution is 2.31. The molecule has 0 saturated heterocycles. The second-order valence-electron chi connectivity index (χ2n) is 6.18. The fourth-order valence-corrected chi connectivity index (χ4v) is 3.45. The molecule has 4 nitrogen and oxygen atoms in total. The smallest absolute Gasteiger partial charge is 0.169 e. The predicted molar refractivity (Wildman–Crippen MR) is 85.3 cm³/mol. The van der Waals surface area contributed by atoms with Gasteiger partial charge < -0.3 is 4.90 Å². The Morgan fingerprint density at radius 2 is 2.00 bits per heavy atom. The van der Waals surface area contributed by atoms with Crippen molar-refractivity contribution in [2.75, 3.05) is 11.9 Å². The molecule has 21 heavy (non-hydrogen) atoms. The molecule has 1 aliphatic carbocycles. The van der Waals surface area contributed by atoms with Crippen molar-refractivity contribution in [2.24, 2.45) is 5.92 Å². The van der Waals surface area contributed by atoms with E-state index in [4.69, 9.17) is 0 Å². The summed E-state index contributed by atoms with van der Waals surface area (Å²) in [5, 5.41) is 18.4. The summed E-state index contributed by atoms with van der Waals surface area (Å²) in [6.45, 7) is 6.47. The molecule has 2 unspecified atom stereocenters. The average Bonchev–Trinajstić information content (AvgIpc) is 2.52. The van der Waals surface area contributed by atoms with Crippen LogP contribution in [0.5, 0.6) is 0 Å². The van der Waals surface area contributed by atoms with Gasteiger partial charge in [0.2, 0.25) is 0 Å². The van der Waals surface area contributed by atoms with Gasteiger partial charge in [-0.2, -0.15) is 10.4 Å². The van der Waals surface area contributed by atoms with Crippen molar-refractivity contribution in [3.63, 3.8) is 0 Å². The van der Waals surface area contributed by atoms with Gasteiger partial charge in [0.05, 0.1) is 5.69 Å². The maximum Gasteiger partial charge on any atom is 0.169 e. The van der Waals surface area contributed by atoms with E-state index in [0.29, 0.717) is 6.04 Å². The first kappa shape index (κ1) is 15.8. The topological polar surface area (TPSA) is 52.8 Å². The van der Waals surface area contributed by atoms with E-state index in [1.54, 1.807) is 0 Å². The van der Waals surface area contributed by atoms with Gasteiger partial charge in [0.1, 0.15) is 11.6 Å². The van der Waals surface area contributed by atoms with E-state index in [0.717, 1.165) is 41.4 Å². The molecule has 114 valence electrons. The van der Waals surface area contributed by atoms with Crippen LogP contribution < -0.4 is 4.90 Å². The van der Waals surface area contributed by atoms with Crippen LogP contribution in [0.2, 0.25) is 0 Å². The number of rotatable bonds is 4. The Kier molecular flexibility index (Phi) is 5.17. The number of anilines is 1. The van der Waals surface area contributed by atoms with Crippen molar-refractivity contribution in [1.29, 1.82) is 5.26 Å². The monoisotopic (exact) mass is 286 g/mol. The SMILES string of the molecule is CCc1nnc(N(C)C2CCCC(C)C2)c(C#N)c1CC. The van der Waals surface area contributed by atoms with Crippen LogP contribution in [0.15, 0.2) is 0 Å². The Balaban J connectivity index is 2.37. The van der Waals surface area contributed by atoms with Crippen LogP contribution in [0, 0.1) is 17.2 Å². The maximum absolute atomic E-state index is 9.61. The molecule has 0 bridgehead atoms. The van der Waals surface area contributed by atoms with Crippen LogP contribution in [0.1, 0.15) is 63.3 Å². The summed E-state index contributed by atoms with van der Waals surface area (Å²) >= 11 is 0. The molecular weight excluding hydrogens is 260 g/mol. The van der Waals surface area contributed by atoms with Crippen molar-refractivity contribution < 1.29 is 0 Å². The number of hydrogen-bond donors (Lipinski definition) is 0. The summed E-state index contributed by atoms with van der Waals surface area (Å²) in [5.74, 6) is 1.52. The van der Waals surface area contributed by atoms with Crippen LogP contribution in [0.25, 0.3) is 0 Å². The van der Waals surface area contributed by atoms with Gasteiger partial charge in [-0.25, -0.2) is 0 Å². The van der Waals surface area contributed by atoms with E-state index < -0.39 is 0 Å². The normalized spacial score (nSPS) is 21.9. The van der Waals surface area contributed by atoms with Gasteiger partial charge >= 0.3 is 0 Å². The van der Waals surface area contributed by atoms with Gasteiger partial charge in [0.15, 0.2) is 5.82 Å². The lowest BCUT2D eigenvalue weighted by Crippen LogP contribution is -2.37. The number of aryl methyl sites for hydroxylation is 1. The summed E-state index contributed by atoms with van der Waals surface area (Å²) in [6, 6.07) is 2.86. The minimum Gasteiger partial charge on any atom is -0.354 e. The molecule has 0 aliphatic heterocycles. The van der Waals surface area contributed by atoms with Crippen molar-refractivity contribution in [3.8, 4) is 6.07 Å². The molecule has 1 saturated carbocycles. The Labute approximate surface area is 128 Å². The van der Waals surface area contributed by atoms with Crippen LogP contribution >= 0.6 is 0 Å². The Morgan fingerprint density at radius 3 is 2.57 bits per heavy atom. The van der Waals surface area contributed by atoms with Gasteiger partial charge in [-0.05, 0) is 37.2 Å². The Morgan fingerprint density at radius 1 is 1.24 bits per heavy atom. The summed E-state index contributed by atoms with van der Waals surface area (Å²) in [4.78, 5) is 2.19. The molecule has 2 rings (SSSR count). The van der Waals surface area contributed by atoms with Gasteiger partial charge in [-0.15, -0.1) is 5.10 Å². The van der Waals surface area contributed by atoms with E-state index >= 15 is 0 Å². The molecule has 1 aromatic rings. The molecule has 2 atom stereocenters. The molecule has 1 aliphatic rings. The van der Waals surface area contributed by atoms with Crippen LogP contribution in [-0.2, 0) is 12.8 Å². The first-order chi connectivity index (χ1) is 10.1. The standard InChI is InChI=1S/C17H26N4/c1-5-14-15(11-18)17(20-19-16(14)6-2)21(4)13-9-7-8-12(3)10-13/h12-13H,5-10H2,1-4H3. The summed E-state index contributed by atoms with van der Waals surface area (Å²) in [6.07, 6.45) is 6.61. The lowest BCUT2D eigenvalue weighted by molar-refractivity contribution is 0.335. The third-order valence-electron chi connectivity index (χ3n) is 4.73. The molecule has 0 aromatic carbocycles. The first-order valence-electron chi connectivity index (χ1n) is 8.13. The Hall–Kier alpha value is -1.63. The summed E-state index contributed by atoms with van der Waals surface area (Å²) < 4.78 is 0. The minimum absolute atomic E-state index is 0.479. The first-order valence-corrected chi connectivity index (χ1v) is 8.13. The van der Waals surface area contributed by atoms with Crippen molar-refractivity contribution in [3.05, 3.63) is 16.8 Å². The number of nitriles is 1. The Bertz CT molecular complexity index is 532. The lowest BCUT2D eigenvalue weighted by Gasteiger charge is -2.35. The zero-order valence-electron chi connectivity index (χ0n) is 13.7. The summed E-state index contributed by atoms with van der Waals surface area (Å²) in [5.41, 5.74) is 2.76. The molecule has 4 heteroatoms. The third kappa shape index (κ3) is 3.18. The van der Waals surface area contributed by atoms with Crippen LogP contribution in [0.4, 0.5) is 5.82 Å². The highest BCUT2D eigenvalue weighted by molar-refractivity contribution is 5.58. The molecule has 0 amide bonds. The van der Waals surface area contributed by atoms with Gasteiger partial charge in [-0.3, -0.25) is 0 Å².